The van der Waals surface area contributed by atoms with Crippen LogP contribution in [0.4, 0.5) is 0 Å². The minimum atomic E-state index is -0.229. The van der Waals surface area contributed by atoms with Crippen LogP contribution in [-0.4, -0.2) is 10.6 Å². The number of hydrogen-bond donors (Lipinski definition) is 1. The number of hydrogen-bond acceptors (Lipinski definition) is 2. The van der Waals surface area contributed by atoms with E-state index in [4.69, 9.17) is 22.7 Å². The average molecular weight is 259 g/mol. The van der Waals surface area contributed by atoms with Crippen LogP contribution in [0.3, 0.4) is 0 Å². The van der Waals surface area contributed by atoms with Crippen molar-refractivity contribution in [1.82, 2.24) is 0 Å². The van der Waals surface area contributed by atoms with Gasteiger partial charge in [-0.05, 0) is 38.3 Å². The number of thiocarbonyl (C=S) groups is 1. The number of fused-ring (bicyclic) bond motifs is 1. The minimum Gasteiger partial charge on any atom is -0.488 e. The van der Waals surface area contributed by atoms with Crippen molar-refractivity contribution in [2.45, 2.75) is 26.4 Å². The number of ether oxygens (including phenoxy) is 1. The van der Waals surface area contributed by atoms with Gasteiger partial charge in [-0.15, -0.1) is 0 Å². The van der Waals surface area contributed by atoms with E-state index in [1.165, 1.54) is 0 Å². The SMILES string of the molecule is CC(C)(C)Oc1ccc(C(N)=S)c2ccccc12. The van der Waals surface area contributed by atoms with Crippen LogP contribution in [-0.2, 0) is 0 Å². The molecule has 2 aromatic rings. The monoisotopic (exact) mass is 259 g/mol. The van der Waals surface area contributed by atoms with E-state index >= 15 is 0 Å². The molecule has 0 unspecified atom stereocenters. The first kappa shape index (κ1) is 12.8. The lowest BCUT2D eigenvalue weighted by atomic mass is 10.0. The van der Waals surface area contributed by atoms with E-state index in [2.05, 4.69) is 0 Å². The Morgan fingerprint density at radius 3 is 2.22 bits per heavy atom. The van der Waals surface area contributed by atoms with Gasteiger partial charge in [0.1, 0.15) is 16.3 Å². The molecular formula is C15H17NOS. The standard InChI is InChI=1S/C15H17NOS/c1-15(2,3)17-13-9-8-12(14(16)18)10-6-4-5-7-11(10)13/h4-9H,1-3H3,(H2,16,18). The molecule has 94 valence electrons. The molecule has 0 saturated carbocycles. The number of benzene rings is 2. The summed E-state index contributed by atoms with van der Waals surface area (Å²) in [5.41, 5.74) is 6.41. The Bertz CT molecular complexity index is 599. The Morgan fingerprint density at radius 2 is 1.67 bits per heavy atom. The first-order valence-corrected chi connectivity index (χ1v) is 6.30. The Balaban J connectivity index is 2.65. The molecule has 2 nitrogen and oxygen atoms in total. The maximum absolute atomic E-state index is 5.97. The average Bonchev–Trinajstić information content (AvgIpc) is 2.27. The minimum absolute atomic E-state index is 0.229. The zero-order chi connectivity index (χ0) is 13.3. The third kappa shape index (κ3) is 2.62. The summed E-state index contributed by atoms with van der Waals surface area (Å²) >= 11 is 5.08. The molecule has 2 N–H and O–H groups in total. The summed E-state index contributed by atoms with van der Waals surface area (Å²) in [5.74, 6) is 0.859. The molecule has 0 fully saturated rings. The van der Waals surface area contributed by atoms with Crippen molar-refractivity contribution in [1.29, 1.82) is 0 Å². The quantitative estimate of drug-likeness (QED) is 0.836. The molecule has 0 aliphatic heterocycles. The van der Waals surface area contributed by atoms with Crippen molar-refractivity contribution < 1.29 is 4.74 Å². The first-order valence-electron chi connectivity index (χ1n) is 5.89. The van der Waals surface area contributed by atoms with Crippen LogP contribution in [0, 0.1) is 0 Å². The zero-order valence-electron chi connectivity index (χ0n) is 10.9. The van der Waals surface area contributed by atoms with Gasteiger partial charge in [-0.2, -0.15) is 0 Å². The van der Waals surface area contributed by atoms with Crippen molar-refractivity contribution in [3.8, 4) is 5.75 Å². The highest BCUT2D eigenvalue weighted by atomic mass is 32.1. The fourth-order valence-electron chi connectivity index (χ4n) is 1.91. The molecule has 2 rings (SSSR count). The molecule has 18 heavy (non-hydrogen) atoms. The molecule has 0 bridgehead atoms. The van der Waals surface area contributed by atoms with Crippen LogP contribution in [0.5, 0.6) is 5.75 Å². The van der Waals surface area contributed by atoms with Crippen molar-refractivity contribution in [2.24, 2.45) is 5.73 Å². The van der Waals surface area contributed by atoms with E-state index in [1.807, 2.05) is 57.2 Å². The van der Waals surface area contributed by atoms with Gasteiger partial charge in [0.25, 0.3) is 0 Å². The molecule has 3 heteroatoms. The number of rotatable bonds is 2. The van der Waals surface area contributed by atoms with Gasteiger partial charge >= 0.3 is 0 Å². The normalized spacial score (nSPS) is 11.5. The van der Waals surface area contributed by atoms with Gasteiger partial charge < -0.3 is 10.5 Å². The summed E-state index contributed by atoms with van der Waals surface area (Å²) < 4.78 is 5.97. The zero-order valence-corrected chi connectivity index (χ0v) is 11.7. The highest BCUT2D eigenvalue weighted by Gasteiger charge is 2.15. The van der Waals surface area contributed by atoms with E-state index in [0.717, 1.165) is 22.1 Å². The van der Waals surface area contributed by atoms with Gasteiger partial charge in [-0.3, -0.25) is 0 Å². The van der Waals surface area contributed by atoms with Gasteiger partial charge in [0.15, 0.2) is 0 Å². The van der Waals surface area contributed by atoms with Gasteiger partial charge in [0.05, 0.1) is 0 Å². The van der Waals surface area contributed by atoms with Crippen LogP contribution in [0.15, 0.2) is 36.4 Å². The van der Waals surface area contributed by atoms with Gasteiger partial charge in [0.2, 0.25) is 0 Å². The summed E-state index contributed by atoms with van der Waals surface area (Å²) in [4.78, 5) is 0.411. The predicted octanol–water partition coefficient (Wildman–Crippen LogP) is 3.65. The molecule has 0 aromatic heterocycles. The predicted molar refractivity (Wildman–Crippen MR) is 80.2 cm³/mol. The summed E-state index contributed by atoms with van der Waals surface area (Å²) in [5, 5.41) is 2.07. The van der Waals surface area contributed by atoms with E-state index in [-0.39, 0.29) is 5.60 Å². The third-order valence-corrected chi connectivity index (χ3v) is 2.79. The molecule has 0 amide bonds. The first-order chi connectivity index (χ1) is 8.38. The smallest absolute Gasteiger partial charge is 0.127 e. The maximum Gasteiger partial charge on any atom is 0.127 e. The third-order valence-electron chi connectivity index (χ3n) is 2.57. The van der Waals surface area contributed by atoms with Crippen molar-refractivity contribution in [2.75, 3.05) is 0 Å². The van der Waals surface area contributed by atoms with Gasteiger partial charge in [-0.1, -0.05) is 36.5 Å². The Hall–Kier alpha value is -1.61. The fourth-order valence-corrected chi connectivity index (χ4v) is 2.08. The highest BCUT2D eigenvalue weighted by molar-refractivity contribution is 7.80. The van der Waals surface area contributed by atoms with Gasteiger partial charge in [0, 0.05) is 10.9 Å². The van der Waals surface area contributed by atoms with Crippen LogP contribution in [0.1, 0.15) is 26.3 Å². The molecule has 0 aliphatic rings. The maximum atomic E-state index is 5.97. The summed E-state index contributed by atoms with van der Waals surface area (Å²) in [6.45, 7) is 6.09. The Morgan fingerprint density at radius 1 is 1.06 bits per heavy atom. The molecule has 0 radical (unpaired) electrons. The lowest BCUT2D eigenvalue weighted by Gasteiger charge is -2.23. The van der Waals surface area contributed by atoms with E-state index in [9.17, 15) is 0 Å². The summed E-state index contributed by atoms with van der Waals surface area (Å²) in [7, 11) is 0. The second-order valence-corrected chi connectivity index (χ2v) is 5.68. The van der Waals surface area contributed by atoms with Crippen molar-refractivity contribution in [3.63, 3.8) is 0 Å². The molecule has 2 aromatic carbocycles. The van der Waals surface area contributed by atoms with E-state index < -0.39 is 0 Å². The lowest BCUT2D eigenvalue weighted by Crippen LogP contribution is -2.23. The second kappa shape index (κ2) is 4.58. The van der Waals surface area contributed by atoms with Crippen LogP contribution < -0.4 is 10.5 Å². The number of nitrogens with two attached hydrogens (primary N) is 1. The van der Waals surface area contributed by atoms with E-state index in [0.29, 0.717) is 4.99 Å². The van der Waals surface area contributed by atoms with Crippen LogP contribution >= 0.6 is 12.2 Å². The summed E-state index contributed by atoms with van der Waals surface area (Å²) in [6, 6.07) is 11.9. The summed E-state index contributed by atoms with van der Waals surface area (Å²) in [6.07, 6.45) is 0. The Kier molecular flexibility index (Phi) is 3.26. The Labute approximate surface area is 113 Å². The van der Waals surface area contributed by atoms with Crippen LogP contribution in [0.2, 0.25) is 0 Å². The largest absolute Gasteiger partial charge is 0.488 e. The fraction of sp³-hybridized carbons (Fsp3) is 0.267. The highest BCUT2D eigenvalue weighted by Crippen LogP contribution is 2.30. The molecule has 0 spiro atoms. The lowest BCUT2D eigenvalue weighted by molar-refractivity contribution is 0.133. The molecule has 0 atom stereocenters. The van der Waals surface area contributed by atoms with Crippen molar-refractivity contribution in [3.05, 3.63) is 42.0 Å². The molecule has 0 heterocycles. The topological polar surface area (TPSA) is 35.2 Å². The van der Waals surface area contributed by atoms with Crippen molar-refractivity contribution >= 4 is 28.0 Å². The van der Waals surface area contributed by atoms with E-state index in [1.54, 1.807) is 0 Å². The van der Waals surface area contributed by atoms with Gasteiger partial charge in [-0.25, -0.2) is 0 Å². The molecule has 0 saturated heterocycles. The second-order valence-electron chi connectivity index (χ2n) is 5.24. The van der Waals surface area contributed by atoms with Crippen LogP contribution in [0.25, 0.3) is 10.8 Å². The molecule has 0 aliphatic carbocycles. The molecular weight excluding hydrogens is 242 g/mol.